The van der Waals surface area contributed by atoms with Crippen LogP contribution in [-0.2, 0) is 5.41 Å². The predicted octanol–water partition coefficient (Wildman–Crippen LogP) is 3.91. The second kappa shape index (κ2) is 3.84. The Morgan fingerprint density at radius 3 is 2.53 bits per heavy atom. The summed E-state index contributed by atoms with van der Waals surface area (Å²) in [5.74, 6) is -0.0530. The van der Waals surface area contributed by atoms with Gasteiger partial charge in [-0.15, -0.1) is 0 Å². The number of halogens is 2. The largest absolute Gasteiger partial charge is 0.383 e. The van der Waals surface area contributed by atoms with Gasteiger partial charge in [0.1, 0.15) is 17.2 Å². The highest BCUT2D eigenvalue weighted by Crippen LogP contribution is 2.33. The first-order valence-electron chi connectivity index (χ1n) is 5.35. The van der Waals surface area contributed by atoms with E-state index < -0.39 is 5.82 Å². The molecular weight excluding hydrogens is 239 g/mol. The van der Waals surface area contributed by atoms with E-state index in [0.717, 1.165) is 5.56 Å². The number of anilines is 1. The molecule has 2 nitrogen and oxygen atoms in total. The van der Waals surface area contributed by atoms with Crippen molar-refractivity contribution in [2.24, 2.45) is 0 Å². The predicted molar refractivity (Wildman–Crippen MR) is 69.8 cm³/mol. The van der Waals surface area contributed by atoms with Gasteiger partial charge < -0.3 is 5.73 Å². The van der Waals surface area contributed by atoms with Crippen LogP contribution in [0.3, 0.4) is 0 Å². The fourth-order valence-electron chi connectivity index (χ4n) is 1.81. The number of nitrogens with two attached hydrogens (primary N) is 1. The molecule has 0 aliphatic rings. The summed E-state index contributed by atoms with van der Waals surface area (Å²) in [4.78, 5) is 4.12. The monoisotopic (exact) mass is 252 g/mol. The number of pyridine rings is 1. The fraction of sp³-hybridized carbons (Fsp3) is 0.308. The van der Waals surface area contributed by atoms with Gasteiger partial charge in [-0.25, -0.2) is 9.37 Å². The third kappa shape index (κ3) is 2.07. The maximum absolute atomic E-state index is 13.6. The Hall–Kier alpha value is -1.35. The minimum atomic E-state index is -0.406. The molecule has 17 heavy (non-hydrogen) atoms. The van der Waals surface area contributed by atoms with E-state index in [0.29, 0.717) is 16.2 Å². The van der Waals surface area contributed by atoms with Crippen LogP contribution in [0.5, 0.6) is 0 Å². The number of benzene rings is 1. The summed E-state index contributed by atoms with van der Waals surface area (Å²) in [6.07, 6.45) is 0. The first-order valence-corrected chi connectivity index (χ1v) is 5.73. The van der Waals surface area contributed by atoms with Gasteiger partial charge in [0.2, 0.25) is 0 Å². The minimum absolute atomic E-state index is 0.152. The topological polar surface area (TPSA) is 38.9 Å². The summed E-state index contributed by atoms with van der Waals surface area (Å²) in [5.41, 5.74) is 6.82. The van der Waals surface area contributed by atoms with Gasteiger partial charge in [0.05, 0.1) is 5.02 Å². The molecule has 0 amide bonds. The summed E-state index contributed by atoms with van der Waals surface area (Å²) in [6.45, 7) is 6.08. The van der Waals surface area contributed by atoms with E-state index in [1.165, 1.54) is 12.1 Å². The average Bonchev–Trinajstić information content (AvgIpc) is 2.21. The Morgan fingerprint density at radius 1 is 1.29 bits per heavy atom. The van der Waals surface area contributed by atoms with Crippen LogP contribution in [0.1, 0.15) is 26.3 Å². The van der Waals surface area contributed by atoms with Crippen molar-refractivity contribution in [1.82, 2.24) is 4.98 Å². The smallest absolute Gasteiger partial charge is 0.149 e. The van der Waals surface area contributed by atoms with Crippen LogP contribution in [0.4, 0.5) is 10.2 Å². The molecule has 4 heteroatoms. The summed E-state index contributed by atoms with van der Waals surface area (Å²) in [6, 6.07) is 4.65. The fourth-order valence-corrected chi connectivity index (χ4v) is 2.01. The molecule has 0 bridgehead atoms. The second-order valence-corrected chi connectivity index (χ2v) is 5.50. The Kier molecular flexibility index (Phi) is 2.74. The van der Waals surface area contributed by atoms with Crippen LogP contribution in [0.15, 0.2) is 18.2 Å². The van der Waals surface area contributed by atoms with Crippen molar-refractivity contribution in [2.45, 2.75) is 26.2 Å². The highest BCUT2D eigenvalue weighted by Gasteiger charge is 2.20. The van der Waals surface area contributed by atoms with Gasteiger partial charge in [0, 0.05) is 10.9 Å². The molecule has 90 valence electrons. The number of nitrogen functional groups attached to an aromatic ring is 1. The normalized spacial score (nSPS) is 12.1. The van der Waals surface area contributed by atoms with Crippen LogP contribution in [0.25, 0.3) is 10.9 Å². The molecule has 0 radical (unpaired) electrons. The van der Waals surface area contributed by atoms with E-state index in [1.807, 2.05) is 26.8 Å². The quantitative estimate of drug-likeness (QED) is 0.772. The highest BCUT2D eigenvalue weighted by molar-refractivity contribution is 6.35. The Bertz CT molecular complexity index is 588. The summed E-state index contributed by atoms with van der Waals surface area (Å²) >= 11 is 6.06. The number of nitrogens with zero attached hydrogens (tertiary/aromatic N) is 1. The average molecular weight is 253 g/mol. The maximum atomic E-state index is 13.6. The van der Waals surface area contributed by atoms with E-state index in [1.54, 1.807) is 0 Å². The number of aromatic nitrogens is 1. The van der Waals surface area contributed by atoms with Crippen LogP contribution in [-0.4, -0.2) is 4.98 Å². The van der Waals surface area contributed by atoms with Gasteiger partial charge >= 0.3 is 0 Å². The van der Waals surface area contributed by atoms with Gasteiger partial charge in [-0.2, -0.15) is 0 Å². The van der Waals surface area contributed by atoms with Gasteiger partial charge in [0.15, 0.2) is 0 Å². The molecular formula is C13H14ClFN2. The molecule has 1 aromatic carbocycles. The molecule has 2 N–H and O–H groups in total. The van der Waals surface area contributed by atoms with E-state index in [4.69, 9.17) is 17.3 Å². The van der Waals surface area contributed by atoms with E-state index in [-0.39, 0.29) is 10.9 Å². The lowest BCUT2D eigenvalue weighted by Crippen LogP contribution is -2.15. The lowest BCUT2D eigenvalue weighted by molar-refractivity contribution is 0.590. The minimum Gasteiger partial charge on any atom is -0.383 e. The molecule has 0 spiro atoms. The lowest BCUT2D eigenvalue weighted by atomic mass is 9.86. The standard InChI is InChI=1S/C13H14ClFN2/c1-13(2,3)8-6-7-9(14)4-5-10(15)11(7)17-12(8)16/h4-6H,1-3H3,(H2,16,17). The summed E-state index contributed by atoms with van der Waals surface area (Å²) in [7, 11) is 0. The van der Waals surface area contributed by atoms with Gasteiger partial charge in [0.25, 0.3) is 0 Å². The first-order chi connectivity index (χ1) is 7.80. The van der Waals surface area contributed by atoms with Crippen molar-refractivity contribution in [1.29, 1.82) is 0 Å². The van der Waals surface area contributed by atoms with Crippen molar-refractivity contribution in [3.8, 4) is 0 Å². The molecule has 0 atom stereocenters. The Labute approximate surface area is 105 Å². The van der Waals surface area contributed by atoms with Crippen LogP contribution < -0.4 is 5.73 Å². The van der Waals surface area contributed by atoms with Gasteiger partial charge in [-0.05, 0) is 23.6 Å². The van der Waals surface area contributed by atoms with Crippen LogP contribution >= 0.6 is 11.6 Å². The highest BCUT2D eigenvalue weighted by atomic mass is 35.5. The molecule has 0 fully saturated rings. The molecule has 1 aromatic heterocycles. The van der Waals surface area contributed by atoms with Crippen molar-refractivity contribution >= 4 is 28.3 Å². The molecule has 0 saturated heterocycles. The zero-order valence-electron chi connectivity index (χ0n) is 10.0. The van der Waals surface area contributed by atoms with Crippen molar-refractivity contribution in [2.75, 3.05) is 5.73 Å². The summed E-state index contributed by atoms with van der Waals surface area (Å²) in [5, 5.41) is 1.09. The molecule has 0 aliphatic heterocycles. The van der Waals surface area contributed by atoms with Crippen molar-refractivity contribution < 1.29 is 4.39 Å². The SMILES string of the molecule is CC(C)(C)c1cc2c(Cl)ccc(F)c2nc1N. The van der Waals surface area contributed by atoms with Crippen LogP contribution in [0.2, 0.25) is 5.02 Å². The third-order valence-electron chi connectivity index (χ3n) is 2.72. The molecule has 0 saturated carbocycles. The number of hydrogen-bond acceptors (Lipinski definition) is 2. The van der Waals surface area contributed by atoms with Crippen molar-refractivity contribution in [3.05, 3.63) is 34.6 Å². The van der Waals surface area contributed by atoms with Gasteiger partial charge in [-0.3, -0.25) is 0 Å². The van der Waals surface area contributed by atoms with Crippen LogP contribution in [0, 0.1) is 5.82 Å². The number of hydrogen-bond donors (Lipinski definition) is 1. The molecule has 0 unspecified atom stereocenters. The third-order valence-corrected chi connectivity index (χ3v) is 3.05. The second-order valence-electron chi connectivity index (χ2n) is 5.10. The number of rotatable bonds is 0. The summed E-state index contributed by atoms with van der Waals surface area (Å²) < 4.78 is 13.6. The maximum Gasteiger partial charge on any atom is 0.149 e. The lowest BCUT2D eigenvalue weighted by Gasteiger charge is -2.21. The Balaban J connectivity index is 2.85. The first kappa shape index (κ1) is 12.1. The van der Waals surface area contributed by atoms with E-state index in [2.05, 4.69) is 4.98 Å². The Morgan fingerprint density at radius 2 is 1.94 bits per heavy atom. The van der Waals surface area contributed by atoms with Gasteiger partial charge in [-0.1, -0.05) is 32.4 Å². The van der Waals surface area contributed by atoms with E-state index in [9.17, 15) is 4.39 Å². The molecule has 2 rings (SSSR count). The number of fused-ring (bicyclic) bond motifs is 1. The van der Waals surface area contributed by atoms with Crippen molar-refractivity contribution in [3.63, 3.8) is 0 Å². The zero-order chi connectivity index (χ0) is 12.8. The van der Waals surface area contributed by atoms with E-state index >= 15 is 0 Å². The zero-order valence-corrected chi connectivity index (χ0v) is 10.8. The molecule has 2 aromatic rings. The molecule has 1 heterocycles. The molecule has 0 aliphatic carbocycles.